The molecule has 0 aliphatic heterocycles. The molecule has 0 aliphatic rings. The summed E-state index contributed by atoms with van der Waals surface area (Å²) in [5, 5.41) is 0. The van der Waals surface area contributed by atoms with Gasteiger partial charge in [-0.2, -0.15) is 0 Å². The first-order valence-corrected chi connectivity index (χ1v) is 7.31. The molecular formula is C17H23NO5. The fourth-order valence-electron chi connectivity index (χ4n) is 1.98. The Morgan fingerprint density at radius 2 is 1.83 bits per heavy atom. The van der Waals surface area contributed by atoms with E-state index in [0.29, 0.717) is 24.6 Å². The number of methoxy groups -OCH3 is 3. The summed E-state index contributed by atoms with van der Waals surface area (Å²) in [4.78, 5) is 24.9. The Morgan fingerprint density at radius 1 is 1.13 bits per heavy atom. The Kier molecular flexibility index (Phi) is 7.66. The average molecular weight is 321 g/mol. The largest absolute Gasteiger partial charge is 0.493 e. The van der Waals surface area contributed by atoms with E-state index in [9.17, 15) is 9.59 Å². The van der Waals surface area contributed by atoms with Crippen molar-refractivity contribution in [3.05, 3.63) is 29.8 Å². The minimum atomic E-state index is -0.333. The predicted molar refractivity (Wildman–Crippen MR) is 87.5 cm³/mol. The molecule has 0 saturated carbocycles. The zero-order valence-corrected chi connectivity index (χ0v) is 14.0. The summed E-state index contributed by atoms with van der Waals surface area (Å²) >= 11 is 0. The number of hydrogen-bond donors (Lipinski definition) is 0. The summed E-state index contributed by atoms with van der Waals surface area (Å²) in [6.07, 6.45) is 3.35. The molecule has 0 spiro atoms. The van der Waals surface area contributed by atoms with Crippen molar-refractivity contribution in [2.45, 2.75) is 13.3 Å². The first kappa shape index (κ1) is 18.5. The van der Waals surface area contributed by atoms with Crippen molar-refractivity contribution in [1.29, 1.82) is 0 Å². The normalized spacial score (nSPS) is 10.4. The lowest BCUT2D eigenvalue weighted by atomic mass is 10.2. The number of likely N-dealkylation sites (N-methyl/N-ethyl adjacent to an activating group) is 1. The van der Waals surface area contributed by atoms with Crippen LogP contribution in [0.15, 0.2) is 24.3 Å². The van der Waals surface area contributed by atoms with Gasteiger partial charge in [0.2, 0.25) is 5.91 Å². The summed E-state index contributed by atoms with van der Waals surface area (Å²) in [6.45, 7) is 2.71. The molecule has 1 aromatic rings. The van der Waals surface area contributed by atoms with Crippen LogP contribution >= 0.6 is 0 Å². The van der Waals surface area contributed by atoms with Crippen LogP contribution in [0, 0.1) is 0 Å². The molecule has 1 rings (SSSR count). The number of carbonyl (C=O) groups excluding carboxylic acids is 2. The van der Waals surface area contributed by atoms with Gasteiger partial charge in [-0.15, -0.1) is 0 Å². The number of amides is 1. The number of benzene rings is 1. The summed E-state index contributed by atoms with van der Waals surface area (Å²) in [5.74, 6) is 0.732. The molecule has 1 amide bonds. The second-order valence-corrected chi connectivity index (χ2v) is 4.69. The van der Waals surface area contributed by atoms with Crippen LogP contribution in [-0.2, 0) is 14.3 Å². The van der Waals surface area contributed by atoms with Gasteiger partial charge in [-0.25, -0.2) is 0 Å². The van der Waals surface area contributed by atoms with E-state index in [-0.39, 0.29) is 18.3 Å². The highest BCUT2D eigenvalue weighted by Gasteiger charge is 2.11. The maximum atomic E-state index is 12.2. The lowest BCUT2D eigenvalue weighted by molar-refractivity contribution is -0.141. The molecule has 0 aromatic heterocycles. The van der Waals surface area contributed by atoms with Gasteiger partial charge in [0.15, 0.2) is 11.5 Å². The number of rotatable bonds is 8. The van der Waals surface area contributed by atoms with E-state index in [0.717, 1.165) is 5.56 Å². The van der Waals surface area contributed by atoms with Crippen molar-refractivity contribution in [1.82, 2.24) is 4.90 Å². The molecule has 0 bridgehead atoms. The third-order valence-electron chi connectivity index (χ3n) is 3.33. The number of carbonyl (C=O) groups is 2. The summed E-state index contributed by atoms with van der Waals surface area (Å²) in [7, 11) is 4.46. The van der Waals surface area contributed by atoms with Gasteiger partial charge in [-0.1, -0.05) is 6.07 Å². The maximum absolute atomic E-state index is 12.2. The van der Waals surface area contributed by atoms with Gasteiger partial charge in [0.1, 0.15) is 0 Å². The lowest BCUT2D eigenvalue weighted by Crippen LogP contribution is -2.31. The third kappa shape index (κ3) is 5.65. The molecule has 23 heavy (non-hydrogen) atoms. The van der Waals surface area contributed by atoms with Gasteiger partial charge in [-0.05, 0) is 30.7 Å². The van der Waals surface area contributed by atoms with Crippen molar-refractivity contribution >= 4 is 18.0 Å². The SMILES string of the molecule is CCN(CCC(=O)OC)C(=O)C=Cc1ccc(OC)c(OC)c1. The fraction of sp³-hybridized carbons (Fsp3) is 0.412. The number of esters is 1. The third-order valence-corrected chi connectivity index (χ3v) is 3.33. The highest BCUT2D eigenvalue weighted by atomic mass is 16.5. The lowest BCUT2D eigenvalue weighted by Gasteiger charge is -2.18. The van der Waals surface area contributed by atoms with Crippen LogP contribution in [0.3, 0.4) is 0 Å². The predicted octanol–water partition coefficient (Wildman–Crippen LogP) is 2.13. The molecule has 6 nitrogen and oxygen atoms in total. The molecule has 6 heteroatoms. The Balaban J connectivity index is 2.74. The average Bonchev–Trinajstić information content (AvgIpc) is 2.59. The Bertz CT molecular complexity index is 568. The minimum Gasteiger partial charge on any atom is -0.493 e. The van der Waals surface area contributed by atoms with Gasteiger partial charge in [0.25, 0.3) is 0 Å². The molecule has 0 aliphatic carbocycles. The number of hydrogen-bond acceptors (Lipinski definition) is 5. The van der Waals surface area contributed by atoms with Crippen molar-refractivity contribution < 1.29 is 23.8 Å². The Labute approximate surface area is 136 Å². The van der Waals surface area contributed by atoms with E-state index >= 15 is 0 Å². The van der Waals surface area contributed by atoms with Gasteiger partial charge in [-0.3, -0.25) is 9.59 Å². The molecular weight excluding hydrogens is 298 g/mol. The quantitative estimate of drug-likeness (QED) is 0.542. The molecule has 0 unspecified atom stereocenters. The highest BCUT2D eigenvalue weighted by molar-refractivity contribution is 5.92. The molecule has 0 N–H and O–H groups in total. The zero-order valence-electron chi connectivity index (χ0n) is 14.0. The van der Waals surface area contributed by atoms with E-state index in [1.165, 1.54) is 13.2 Å². The van der Waals surface area contributed by atoms with E-state index in [1.807, 2.05) is 13.0 Å². The van der Waals surface area contributed by atoms with Crippen molar-refractivity contribution in [2.24, 2.45) is 0 Å². The standard InChI is InChI=1S/C17H23NO5/c1-5-18(11-10-17(20)23-4)16(19)9-7-13-6-8-14(21-2)15(12-13)22-3/h6-9,12H,5,10-11H2,1-4H3. The van der Waals surface area contributed by atoms with E-state index in [1.54, 1.807) is 37.3 Å². The highest BCUT2D eigenvalue weighted by Crippen LogP contribution is 2.27. The zero-order chi connectivity index (χ0) is 17.2. The maximum Gasteiger partial charge on any atom is 0.307 e. The van der Waals surface area contributed by atoms with Crippen molar-refractivity contribution in [3.63, 3.8) is 0 Å². The van der Waals surface area contributed by atoms with Crippen LogP contribution in [0.2, 0.25) is 0 Å². The Hall–Kier alpha value is -2.50. The van der Waals surface area contributed by atoms with E-state index in [2.05, 4.69) is 4.74 Å². The Morgan fingerprint density at radius 3 is 2.39 bits per heavy atom. The molecule has 0 saturated heterocycles. The minimum absolute atomic E-state index is 0.161. The van der Waals surface area contributed by atoms with Crippen LogP contribution in [0.25, 0.3) is 6.08 Å². The van der Waals surface area contributed by atoms with Crippen molar-refractivity contribution in [3.8, 4) is 11.5 Å². The smallest absolute Gasteiger partial charge is 0.307 e. The van der Waals surface area contributed by atoms with Crippen LogP contribution in [0.4, 0.5) is 0 Å². The summed E-state index contributed by atoms with van der Waals surface area (Å²) in [6, 6.07) is 5.39. The molecule has 0 heterocycles. The van der Waals surface area contributed by atoms with Crippen LogP contribution < -0.4 is 9.47 Å². The van der Waals surface area contributed by atoms with Gasteiger partial charge < -0.3 is 19.1 Å². The van der Waals surface area contributed by atoms with Gasteiger partial charge in [0, 0.05) is 19.2 Å². The first-order chi connectivity index (χ1) is 11.0. The molecule has 0 fully saturated rings. The molecule has 126 valence electrons. The number of ether oxygens (including phenoxy) is 3. The van der Waals surface area contributed by atoms with Crippen LogP contribution in [-0.4, -0.2) is 51.2 Å². The monoisotopic (exact) mass is 321 g/mol. The first-order valence-electron chi connectivity index (χ1n) is 7.31. The summed E-state index contributed by atoms with van der Waals surface area (Å²) in [5.41, 5.74) is 0.819. The van der Waals surface area contributed by atoms with Crippen LogP contribution in [0.5, 0.6) is 11.5 Å². The molecule has 0 radical (unpaired) electrons. The van der Waals surface area contributed by atoms with Gasteiger partial charge >= 0.3 is 5.97 Å². The van der Waals surface area contributed by atoms with Gasteiger partial charge in [0.05, 0.1) is 27.8 Å². The van der Waals surface area contributed by atoms with E-state index < -0.39 is 0 Å². The van der Waals surface area contributed by atoms with Crippen LogP contribution in [0.1, 0.15) is 18.9 Å². The second kappa shape index (κ2) is 9.50. The fourth-order valence-corrected chi connectivity index (χ4v) is 1.98. The van der Waals surface area contributed by atoms with Crippen molar-refractivity contribution in [2.75, 3.05) is 34.4 Å². The number of nitrogens with zero attached hydrogens (tertiary/aromatic N) is 1. The topological polar surface area (TPSA) is 65.1 Å². The second-order valence-electron chi connectivity index (χ2n) is 4.69. The van der Waals surface area contributed by atoms with E-state index in [4.69, 9.17) is 9.47 Å². The molecule has 0 atom stereocenters. The summed E-state index contributed by atoms with van der Waals surface area (Å²) < 4.78 is 15.0. The molecule has 1 aromatic carbocycles.